The van der Waals surface area contributed by atoms with Gasteiger partial charge in [0.2, 0.25) is 0 Å². The average molecular weight is 1000 g/mol. The van der Waals surface area contributed by atoms with Crippen LogP contribution in [0.1, 0.15) is 0 Å². The molecule has 0 atom stereocenters. The molecule has 15 aromatic rings. The van der Waals surface area contributed by atoms with Gasteiger partial charge in [-0.05, 0) is 159 Å². The number of benzene rings is 15. The third-order valence-electron chi connectivity index (χ3n) is 14.8. The average Bonchev–Trinajstić information content (AvgIpc) is 3.49. The van der Waals surface area contributed by atoms with Crippen LogP contribution in [0.3, 0.4) is 0 Å². The maximum atomic E-state index is 7.07. The van der Waals surface area contributed by atoms with Gasteiger partial charge in [-0.1, -0.05) is 237 Å². The van der Waals surface area contributed by atoms with Crippen LogP contribution in [-0.2, 0) is 0 Å². The summed E-state index contributed by atoms with van der Waals surface area (Å²) < 4.78 is 21.2. The Balaban J connectivity index is 0.000000240. The Kier molecular flexibility index (Phi) is 12.0. The second-order valence-electron chi connectivity index (χ2n) is 19.5. The highest BCUT2D eigenvalue weighted by Crippen LogP contribution is 2.41. The summed E-state index contributed by atoms with van der Waals surface area (Å²) in [6.45, 7) is 0. The molecule has 77 heavy (non-hydrogen) atoms. The minimum atomic E-state index is -1.16. The predicted molar refractivity (Wildman–Crippen MR) is 330 cm³/mol. The molecule has 3 nitrogen and oxygen atoms in total. The Morgan fingerprint density at radius 3 is 0.753 bits per heavy atom. The van der Waals surface area contributed by atoms with Crippen LogP contribution in [0.4, 0.5) is 0 Å². The van der Waals surface area contributed by atoms with Gasteiger partial charge < -0.3 is 14.0 Å². The molecule has 0 aliphatic carbocycles. The molecule has 0 spiro atoms. The highest BCUT2D eigenvalue weighted by Gasteiger charge is 2.33. The van der Waals surface area contributed by atoms with Crippen molar-refractivity contribution in [2.45, 2.75) is 0 Å². The van der Waals surface area contributed by atoms with Crippen molar-refractivity contribution in [3.05, 3.63) is 291 Å². The van der Waals surface area contributed by atoms with Gasteiger partial charge in [0, 0.05) is 16.2 Å². The molecule has 5 heteroatoms. The lowest BCUT2D eigenvalue weighted by Gasteiger charge is -2.21. The summed E-state index contributed by atoms with van der Waals surface area (Å²) in [7, 11) is -1.61. The molecule has 15 aromatic carbocycles. The van der Waals surface area contributed by atoms with Gasteiger partial charge in [-0.2, -0.15) is 0 Å². The molecule has 0 saturated heterocycles. The first kappa shape index (κ1) is 46.1. The molecule has 0 aliphatic heterocycles. The van der Waals surface area contributed by atoms with Gasteiger partial charge in [-0.25, -0.2) is 0 Å². The number of hydrogen-bond acceptors (Lipinski definition) is 3. The number of rotatable bonds is 9. The topological polar surface area (TPSA) is 27.7 Å². The molecule has 0 fully saturated rings. The van der Waals surface area contributed by atoms with E-state index in [1.54, 1.807) is 0 Å². The molecule has 0 aromatic heterocycles. The third-order valence-corrected chi connectivity index (χ3v) is 17.2. The fraction of sp³-hybridized carbons (Fsp3) is 0. The Hall–Kier alpha value is -9.47. The maximum Gasteiger partial charge on any atom is 0.864 e. The molecule has 362 valence electrons. The van der Waals surface area contributed by atoms with Crippen LogP contribution in [0.5, 0.6) is 17.2 Å². The standard InChI is InChI=1S/C54H33BO3.C18H15P/c1-4-13-40-31-46-43(28-37(40)10-1)25-22-34-16-7-19-49(52(34)46)56-55(57-50-20-8-17-35-23-26-44-29-38-11-2-5-14-41(38)32-47(44)53(35)50)58-51-21-9-18-36-24-27-45-30-39-12-3-6-15-42(39)33-48(45)54(36)51;1-4-10-16(11-5-1)19(17-12-6-2-7-13-17)18-14-8-3-9-15-18/h1-33H;1-15H. The lowest BCUT2D eigenvalue weighted by Crippen LogP contribution is -2.37. The van der Waals surface area contributed by atoms with Crippen molar-refractivity contribution in [3.63, 3.8) is 0 Å². The van der Waals surface area contributed by atoms with E-state index in [2.05, 4.69) is 255 Å². The Labute approximate surface area is 448 Å². The molecule has 0 unspecified atom stereocenters. The van der Waals surface area contributed by atoms with Crippen molar-refractivity contribution >= 4 is 128 Å². The van der Waals surface area contributed by atoms with Gasteiger partial charge >= 0.3 is 7.32 Å². The number of hydrogen-bond donors (Lipinski definition) is 0. The van der Waals surface area contributed by atoms with Crippen LogP contribution in [0.25, 0.3) is 97.0 Å². The van der Waals surface area contributed by atoms with E-state index < -0.39 is 15.2 Å². The van der Waals surface area contributed by atoms with Gasteiger partial charge in [-0.15, -0.1) is 0 Å². The summed E-state index contributed by atoms with van der Waals surface area (Å²) in [5.41, 5.74) is 0. The van der Waals surface area contributed by atoms with Gasteiger partial charge in [0.1, 0.15) is 17.2 Å². The molecule has 0 bridgehead atoms. The van der Waals surface area contributed by atoms with Crippen molar-refractivity contribution < 1.29 is 14.0 Å². The van der Waals surface area contributed by atoms with Crippen molar-refractivity contribution in [2.24, 2.45) is 0 Å². The molecule has 15 rings (SSSR count). The lowest BCUT2D eigenvalue weighted by molar-refractivity contribution is 0.312. The highest BCUT2D eigenvalue weighted by atomic mass is 31.1. The minimum Gasteiger partial charge on any atom is -0.489 e. The van der Waals surface area contributed by atoms with Gasteiger partial charge in [0.15, 0.2) is 0 Å². The van der Waals surface area contributed by atoms with Crippen LogP contribution in [0.2, 0.25) is 0 Å². The van der Waals surface area contributed by atoms with Crippen LogP contribution >= 0.6 is 7.92 Å². The third kappa shape index (κ3) is 8.89. The van der Waals surface area contributed by atoms with E-state index in [0.717, 1.165) is 64.6 Å². The quantitative estimate of drug-likeness (QED) is 0.0624. The Bertz CT molecular complexity index is 4210. The van der Waals surface area contributed by atoms with Gasteiger partial charge in [-0.3, -0.25) is 0 Å². The fourth-order valence-corrected chi connectivity index (χ4v) is 13.5. The molecule has 0 saturated carbocycles. The lowest BCUT2D eigenvalue weighted by atomic mass is 9.96. The molecular weight excluding hydrogens is 955 g/mol. The second-order valence-corrected chi connectivity index (χ2v) is 21.7. The summed E-state index contributed by atoms with van der Waals surface area (Å²) in [6.07, 6.45) is 0. The first-order valence-corrected chi connectivity index (χ1v) is 27.5. The van der Waals surface area contributed by atoms with Crippen molar-refractivity contribution in [3.8, 4) is 17.2 Å². The summed E-state index contributed by atoms with van der Waals surface area (Å²) in [4.78, 5) is 0. The minimum absolute atomic E-state index is 0.446. The largest absolute Gasteiger partial charge is 0.864 e. The predicted octanol–water partition coefficient (Wildman–Crippen LogP) is 18.0. The van der Waals surface area contributed by atoms with Crippen LogP contribution in [0, 0.1) is 0 Å². The van der Waals surface area contributed by atoms with Crippen molar-refractivity contribution in [1.29, 1.82) is 0 Å². The van der Waals surface area contributed by atoms with Crippen molar-refractivity contribution in [2.75, 3.05) is 0 Å². The zero-order valence-corrected chi connectivity index (χ0v) is 42.9. The van der Waals surface area contributed by atoms with E-state index in [-0.39, 0.29) is 0 Å². The highest BCUT2D eigenvalue weighted by molar-refractivity contribution is 7.79. The Morgan fingerprint density at radius 1 is 0.208 bits per heavy atom. The number of fused-ring (bicyclic) bond motifs is 12. The first-order chi connectivity index (χ1) is 38.1. The first-order valence-electron chi connectivity index (χ1n) is 26.1. The van der Waals surface area contributed by atoms with Gasteiger partial charge in [0.25, 0.3) is 0 Å². The van der Waals surface area contributed by atoms with E-state index in [0.29, 0.717) is 17.2 Å². The SMILES string of the molecule is c1ccc(P(c2ccccc2)c2ccccc2)cc1.c1ccc2cc3c(ccc4cccc(OB(Oc5cccc6ccc7cc8ccccc8cc7c56)Oc5cccc6ccc7cc8ccccc8cc7c56)c43)cc2c1. The Morgan fingerprint density at radius 2 is 0.455 bits per heavy atom. The molecular formula is C72H48BO3P. The molecule has 0 aliphatic rings. The summed E-state index contributed by atoms with van der Waals surface area (Å²) in [5, 5.41) is 24.3. The van der Waals surface area contributed by atoms with E-state index in [1.165, 1.54) is 48.2 Å². The molecule has 0 radical (unpaired) electrons. The van der Waals surface area contributed by atoms with E-state index in [9.17, 15) is 0 Å². The normalized spacial score (nSPS) is 11.5. The van der Waals surface area contributed by atoms with E-state index >= 15 is 0 Å². The molecule has 0 heterocycles. The monoisotopic (exact) mass is 1000 g/mol. The maximum absolute atomic E-state index is 7.07. The zero-order valence-electron chi connectivity index (χ0n) is 42.0. The van der Waals surface area contributed by atoms with E-state index in [4.69, 9.17) is 14.0 Å². The smallest absolute Gasteiger partial charge is 0.489 e. The molecule has 0 N–H and O–H groups in total. The van der Waals surface area contributed by atoms with Gasteiger partial charge in [0.05, 0.1) is 0 Å². The van der Waals surface area contributed by atoms with E-state index in [1.807, 2.05) is 36.4 Å². The second kappa shape index (κ2) is 20.0. The summed E-state index contributed by atoms with van der Waals surface area (Å²) >= 11 is 0. The van der Waals surface area contributed by atoms with Crippen LogP contribution < -0.4 is 29.9 Å². The summed E-state index contributed by atoms with van der Waals surface area (Å²) in [6, 6.07) is 103. The van der Waals surface area contributed by atoms with Crippen LogP contribution in [0.15, 0.2) is 291 Å². The molecule has 0 amide bonds. The zero-order chi connectivity index (χ0) is 51.1. The van der Waals surface area contributed by atoms with Crippen LogP contribution in [-0.4, -0.2) is 7.32 Å². The summed E-state index contributed by atoms with van der Waals surface area (Å²) in [5.74, 6) is 2.03. The fourth-order valence-electron chi connectivity index (χ4n) is 11.2. The van der Waals surface area contributed by atoms with Crippen molar-refractivity contribution in [1.82, 2.24) is 0 Å².